The van der Waals surface area contributed by atoms with Crippen molar-refractivity contribution >= 4 is 33.2 Å². The van der Waals surface area contributed by atoms with E-state index in [0.717, 1.165) is 17.4 Å². The molecule has 0 unspecified atom stereocenters. The first-order chi connectivity index (χ1) is 19.3. The molecule has 0 radical (unpaired) electrons. The van der Waals surface area contributed by atoms with Gasteiger partial charge in [0.15, 0.2) is 11.4 Å². The van der Waals surface area contributed by atoms with Crippen molar-refractivity contribution in [3.05, 3.63) is 58.9 Å². The Morgan fingerprint density at radius 1 is 1.02 bits per heavy atom. The quantitative estimate of drug-likeness (QED) is 0.320. The SMILES string of the molecule is COc1c(NC(=O)c2ccc(C)c(-n3cc(C(=O)NCC(C)(C)N(C)C)nn3)c2)cc(C(C)(C)C)cc1NS(C)(=O)=O. The standard InChI is InChI=1S/C29H41N7O5S/c1-18-11-12-19(13-24(18)36-16-23(32-34-36)27(38)30-17-29(5,6)35(7)8)26(37)31-21-14-20(28(2,3)4)15-22(25(21)41-9)33-42(10,39)40/h11-16,33H,17H2,1-10H3,(H,30,38)(H,31,37). The number of aromatic nitrogens is 3. The second-order valence-electron chi connectivity index (χ2n) is 12.1. The molecule has 0 aliphatic carbocycles. The van der Waals surface area contributed by atoms with Gasteiger partial charge in [-0.3, -0.25) is 14.3 Å². The van der Waals surface area contributed by atoms with Crippen LogP contribution < -0.4 is 20.1 Å². The van der Waals surface area contributed by atoms with Crippen LogP contribution in [-0.4, -0.2) is 79.7 Å². The van der Waals surface area contributed by atoms with E-state index in [4.69, 9.17) is 4.74 Å². The predicted molar refractivity (Wildman–Crippen MR) is 164 cm³/mol. The Hall–Kier alpha value is -3.97. The number of anilines is 2. The van der Waals surface area contributed by atoms with Gasteiger partial charge in [0, 0.05) is 17.6 Å². The predicted octanol–water partition coefficient (Wildman–Crippen LogP) is 3.58. The number of benzene rings is 2. The van der Waals surface area contributed by atoms with Gasteiger partial charge in [-0.2, -0.15) is 0 Å². The summed E-state index contributed by atoms with van der Waals surface area (Å²) in [6.45, 7) is 12.2. The number of amides is 2. The molecule has 13 heteroatoms. The van der Waals surface area contributed by atoms with E-state index in [-0.39, 0.29) is 34.0 Å². The number of methoxy groups -OCH3 is 1. The Morgan fingerprint density at radius 2 is 1.67 bits per heavy atom. The maximum atomic E-state index is 13.5. The third-order valence-electron chi connectivity index (χ3n) is 7.04. The number of rotatable bonds is 10. The maximum absolute atomic E-state index is 13.5. The van der Waals surface area contributed by atoms with Gasteiger partial charge in [-0.1, -0.05) is 32.1 Å². The smallest absolute Gasteiger partial charge is 0.273 e. The number of nitrogens with zero attached hydrogens (tertiary/aromatic N) is 4. The van der Waals surface area contributed by atoms with Crippen molar-refractivity contribution in [1.82, 2.24) is 25.2 Å². The largest absolute Gasteiger partial charge is 0.492 e. The summed E-state index contributed by atoms with van der Waals surface area (Å²) in [4.78, 5) is 28.2. The van der Waals surface area contributed by atoms with E-state index in [1.165, 1.54) is 18.0 Å². The number of ether oxygens (including phenoxy) is 1. The van der Waals surface area contributed by atoms with Crippen LogP contribution in [0.1, 0.15) is 66.6 Å². The average molecular weight is 600 g/mol. The summed E-state index contributed by atoms with van der Waals surface area (Å²) in [5.41, 5.74) is 2.55. The number of carbonyl (C=O) groups is 2. The Morgan fingerprint density at radius 3 is 2.24 bits per heavy atom. The number of hydrogen-bond acceptors (Lipinski definition) is 8. The summed E-state index contributed by atoms with van der Waals surface area (Å²) in [6, 6.07) is 8.53. The van der Waals surface area contributed by atoms with Crippen LogP contribution in [-0.2, 0) is 15.4 Å². The van der Waals surface area contributed by atoms with E-state index < -0.39 is 15.9 Å². The highest BCUT2D eigenvalue weighted by molar-refractivity contribution is 7.92. The molecule has 42 heavy (non-hydrogen) atoms. The number of sulfonamides is 1. The topological polar surface area (TPSA) is 148 Å². The van der Waals surface area contributed by atoms with E-state index in [1.807, 2.05) is 60.5 Å². The van der Waals surface area contributed by atoms with Crippen LogP contribution in [0.4, 0.5) is 11.4 Å². The van der Waals surface area contributed by atoms with Crippen LogP contribution in [0.2, 0.25) is 0 Å². The van der Waals surface area contributed by atoms with Crippen LogP contribution >= 0.6 is 0 Å². The summed E-state index contributed by atoms with van der Waals surface area (Å²) in [7, 11) is 1.67. The van der Waals surface area contributed by atoms with Gasteiger partial charge >= 0.3 is 0 Å². The summed E-state index contributed by atoms with van der Waals surface area (Å²) in [6.07, 6.45) is 2.56. The summed E-state index contributed by atoms with van der Waals surface area (Å²) >= 11 is 0. The van der Waals surface area contributed by atoms with Gasteiger partial charge in [-0.05, 0) is 75.7 Å². The third-order valence-corrected chi connectivity index (χ3v) is 7.63. The molecule has 0 saturated carbocycles. The fourth-order valence-electron chi connectivity index (χ4n) is 3.87. The highest BCUT2D eigenvalue weighted by atomic mass is 32.2. The van der Waals surface area contributed by atoms with Crippen LogP contribution in [0.15, 0.2) is 36.5 Å². The molecule has 1 aromatic heterocycles. The Balaban J connectivity index is 1.92. The van der Waals surface area contributed by atoms with Gasteiger partial charge in [-0.15, -0.1) is 5.10 Å². The second-order valence-corrected chi connectivity index (χ2v) is 13.9. The van der Waals surface area contributed by atoms with E-state index in [2.05, 4.69) is 25.7 Å². The van der Waals surface area contributed by atoms with E-state index in [0.29, 0.717) is 23.5 Å². The molecule has 12 nitrogen and oxygen atoms in total. The number of nitrogens with one attached hydrogen (secondary N) is 3. The summed E-state index contributed by atoms with van der Waals surface area (Å²) in [5.74, 6) is -0.625. The Bertz CT molecular complexity index is 1590. The zero-order valence-corrected chi connectivity index (χ0v) is 26.7. The first-order valence-corrected chi connectivity index (χ1v) is 15.2. The lowest BCUT2D eigenvalue weighted by Gasteiger charge is -2.32. The average Bonchev–Trinajstić information content (AvgIpc) is 3.36. The molecular weight excluding hydrogens is 558 g/mol. The zero-order chi connectivity index (χ0) is 31.6. The molecule has 3 rings (SSSR count). The van der Waals surface area contributed by atoms with Gasteiger partial charge < -0.3 is 20.3 Å². The number of carbonyl (C=O) groups excluding carboxylic acids is 2. The second kappa shape index (κ2) is 12.1. The molecule has 3 N–H and O–H groups in total. The monoisotopic (exact) mass is 599 g/mol. The molecule has 0 bridgehead atoms. The van der Waals surface area contributed by atoms with Gasteiger partial charge in [0.1, 0.15) is 0 Å². The van der Waals surface area contributed by atoms with Crippen molar-refractivity contribution in [2.75, 3.05) is 44.0 Å². The minimum Gasteiger partial charge on any atom is -0.492 e. The Labute approximate surface area is 247 Å². The van der Waals surface area contributed by atoms with Crippen molar-refractivity contribution in [1.29, 1.82) is 0 Å². The normalized spacial score (nSPS) is 12.3. The van der Waals surface area contributed by atoms with Crippen molar-refractivity contribution in [2.45, 2.75) is 52.5 Å². The molecular formula is C29H41N7O5S. The number of likely N-dealkylation sites (N-methyl/N-ethyl adjacent to an activating group) is 1. The van der Waals surface area contributed by atoms with Crippen LogP contribution in [0.25, 0.3) is 5.69 Å². The van der Waals surface area contributed by atoms with Crippen LogP contribution in [0, 0.1) is 6.92 Å². The van der Waals surface area contributed by atoms with Crippen molar-refractivity contribution in [3.63, 3.8) is 0 Å². The molecule has 0 spiro atoms. The Kier molecular flexibility index (Phi) is 9.38. The first-order valence-electron chi connectivity index (χ1n) is 13.3. The van der Waals surface area contributed by atoms with E-state index in [1.54, 1.807) is 30.3 Å². The van der Waals surface area contributed by atoms with Crippen molar-refractivity contribution < 1.29 is 22.7 Å². The van der Waals surface area contributed by atoms with Crippen LogP contribution in [0.5, 0.6) is 5.75 Å². The molecule has 228 valence electrons. The zero-order valence-electron chi connectivity index (χ0n) is 25.9. The number of hydrogen-bond donors (Lipinski definition) is 3. The maximum Gasteiger partial charge on any atom is 0.273 e. The molecule has 1 heterocycles. The highest BCUT2D eigenvalue weighted by Crippen LogP contribution is 2.39. The highest BCUT2D eigenvalue weighted by Gasteiger charge is 2.24. The summed E-state index contributed by atoms with van der Waals surface area (Å²) < 4.78 is 33.5. The molecule has 0 saturated heterocycles. The fourth-order valence-corrected chi connectivity index (χ4v) is 4.42. The lowest BCUT2D eigenvalue weighted by Crippen LogP contribution is -2.48. The molecule has 0 aliphatic heterocycles. The first kappa shape index (κ1) is 32.5. The minimum absolute atomic E-state index is 0.147. The van der Waals surface area contributed by atoms with Gasteiger partial charge in [-0.25, -0.2) is 13.1 Å². The molecule has 0 atom stereocenters. The molecule has 0 aliphatic rings. The summed E-state index contributed by atoms with van der Waals surface area (Å²) in [5, 5.41) is 13.9. The molecule has 2 amide bonds. The molecule has 0 fully saturated rings. The molecule has 3 aromatic rings. The fraction of sp³-hybridized carbons (Fsp3) is 0.448. The van der Waals surface area contributed by atoms with Gasteiger partial charge in [0.25, 0.3) is 11.8 Å². The number of aryl methyl sites for hydroxylation is 1. The lowest BCUT2D eigenvalue weighted by atomic mass is 9.86. The lowest BCUT2D eigenvalue weighted by molar-refractivity contribution is 0.0914. The van der Waals surface area contributed by atoms with E-state index in [9.17, 15) is 18.0 Å². The minimum atomic E-state index is -3.62. The van der Waals surface area contributed by atoms with Gasteiger partial charge in [0.05, 0.1) is 36.6 Å². The van der Waals surface area contributed by atoms with Gasteiger partial charge in [0.2, 0.25) is 10.0 Å². The molecule has 2 aromatic carbocycles. The van der Waals surface area contributed by atoms with Crippen molar-refractivity contribution in [3.8, 4) is 11.4 Å². The third kappa shape index (κ3) is 7.85. The van der Waals surface area contributed by atoms with E-state index >= 15 is 0 Å². The van der Waals surface area contributed by atoms with Crippen LogP contribution in [0.3, 0.4) is 0 Å². The van der Waals surface area contributed by atoms with Crippen molar-refractivity contribution in [2.24, 2.45) is 0 Å².